The zero-order valence-corrected chi connectivity index (χ0v) is 15.9. The number of nitrogens with zero attached hydrogens (tertiary/aromatic N) is 1. The first-order valence-corrected chi connectivity index (χ1v) is 8.84. The third kappa shape index (κ3) is 5.12. The van der Waals surface area contributed by atoms with Gasteiger partial charge in [0, 0.05) is 30.2 Å². The molecule has 2 N–H and O–H groups in total. The van der Waals surface area contributed by atoms with Crippen LogP contribution in [0.2, 0.25) is 0 Å². The van der Waals surface area contributed by atoms with E-state index in [0.717, 1.165) is 22.6 Å². The van der Waals surface area contributed by atoms with E-state index in [9.17, 15) is 9.59 Å². The summed E-state index contributed by atoms with van der Waals surface area (Å²) in [5.74, 6) is -0.311. The highest BCUT2D eigenvalue weighted by Gasteiger charge is 2.12. The van der Waals surface area contributed by atoms with Crippen LogP contribution >= 0.6 is 0 Å². The molecular weight excluding hydrogens is 330 g/mol. The lowest BCUT2D eigenvalue weighted by atomic mass is 10.2. The first-order valence-electron chi connectivity index (χ1n) is 8.84. The maximum absolute atomic E-state index is 11.9. The molecule has 0 unspecified atom stereocenters. The molecule has 0 spiro atoms. The number of esters is 1. The highest BCUT2D eigenvalue weighted by molar-refractivity contribution is 5.75. The van der Waals surface area contributed by atoms with E-state index in [-0.39, 0.29) is 25.0 Å². The van der Waals surface area contributed by atoms with Crippen LogP contribution in [0.15, 0.2) is 30.3 Å². The number of amides is 2. The van der Waals surface area contributed by atoms with Gasteiger partial charge in [-0.05, 0) is 57.0 Å². The summed E-state index contributed by atoms with van der Waals surface area (Å²) in [6.45, 7) is 8.96. The van der Waals surface area contributed by atoms with Crippen molar-refractivity contribution in [2.45, 2.75) is 40.7 Å². The maximum Gasteiger partial charge on any atom is 0.315 e. The summed E-state index contributed by atoms with van der Waals surface area (Å²) in [4.78, 5) is 23.1. The lowest BCUT2D eigenvalue weighted by Gasteiger charge is -2.11. The van der Waals surface area contributed by atoms with Crippen LogP contribution in [0.25, 0.3) is 5.69 Å². The Bertz CT molecular complexity index is 781. The number of hydrogen-bond donors (Lipinski definition) is 2. The second-order valence-electron chi connectivity index (χ2n) is 6.24. The van der Waals surface area contributed by atoms with Gasteiger partial charge < -0.3 is 19.9 Å². The number of ether oxygens (including phenoxy) is 1. The third-order valence-electron chi connectivity index (χ3n) is 4.16. The second-order valence-corrected chi connectivity index (χ2v) is 6.24. The highest BCUT2D eigenvalue weighted by atomic mass is 16.5. The Morgan fingerprint density at radius 2 is 1.88 bits per heavy atom. The van der Waals surface area contributed by atoms with Crippen molar-refractivity contribution < 1.29 is 14.3 Å². The van der Waals surface area contributed by atoms with Gasteiger partial charge in [0.1, 0.15) is 0 Å². The van der Waals surface area contributed by atoms with E-state index in [2.05, 4.69) is 53.3 Å². The standard InChI is InChI=1S/C20H27N3O3/c1-5-26-19(24)9-10-21-20(25)22-13-17-12-15(3)23(16(17)4)18-8-6-7-14(2)11-18/h6-8,11-12H,5,9-10,13H2,1-4H3,(H2,21,22,25). The monoisotopic (exact) mass is 357 g/mol. The SMILES string of the molecule is CCOC(=O)CCNC(=O)NCc1cc(C)n(-c2cccc(C)c2)c1C. The fourth-order valence-electron chi connectivity index (χ4n) is 2.92. The third-order valence-corrected chi connectivity index (χ3v) is 4.16. The van der Waals surface area contributed by atoms with Crippen LogP contribution in [0, 0.1) is 20.8 Å². The Hall–Kier alpha value is -2.76. The van der Waals surface area contributed by atoms with Crippen molar-refractivity contribution in [2.75, 3.05) is 13.2 Å². The number of aryl methyl sites for hydroxylation is 2. The molecule has 140 valence electrons. The largest absolute Gasteiger partial charge is 0.466 e. The van der Waals surface area contributed by atoms with Crippen LogP contribution in [0.4, 0.5) is 4.79 Å². The zero-order chi connectivity index (χ0) is 19.1. The van der Waals surface area contributed by atoms with Crippen molar-refractivity contribution >= 4 is 12.0 Å². The number of carbonyl (C=O) groups excluding carboxylic acids is 2. The van der Waals surface area contributed by atoms with E-state index in [1.807, 2.05) is 13.0 Å². The highest BCUT2D eigenvalue weighted by Crippen LogP contribution is 2.21. The first-order chi connectivity index (χ1) is 12.4. The average Bonchev–Trinajstić information content (AvgIpc) is 2.87. The molecule has 0 saturated carbocycles. The van der Waals surface area contributed by atoms with E-state index >= 15 is 0 Å². The second kappa shape index (κ2) is 9.08. The van der Waals surface area contributed by atoms with E-state index in [1.165, 1.54) is 5.56 Å². The Balaban J connectivity index is 1.93. The van der Waals surface area contributed by atoms with Crippen LogP contribution in [0.5, 0.6) is 0 Å². The Morgan fingerprint density at radius 3 is 2.58 bits per heavy atom. The van der Waals surface area contributed by atoms with Crippen LogP contribution in [0.3, 0.4) is 0 Å². The van der Waals surface area contributed by atoms with Crippen molar-refractivity contribution in [1.82, 2.24) is 15.2 Å². The van der Waals surface area contributed by atoms with Crippen molar-refractivity contribution in [1.29, 1.82) is 0 Å². The van der Waals surface area contributed by atoms with Gasteiger partial charge in [-0.1, -0.05) is 12.1 Å². The lowest BCUT2D eigenvalue weighted by molar-refractivity contribution is -0.142. The predicted molar refractivity (Wildman–Crippen MR) is 101 cm³/mol. The molecule has 6 nitrogen and oxygen atoms in total. The number of benzene rings is 1. The molecule has 0 radical (unpaired) electrons. The fourth-order valence-corrected chi connectivity index (χ4v) is 2.92. The predicted octanol–water partition coefficient (Wildman–Crippen LogP) is 3.15. The fraction of sp³-hybridized carbons (Fsp3) is 0.400. The summed E-state index contributed by atoms with van der Waals surface area (Å²) in [6, 6.07) is 10.1. The van der Waals surface area contributed by atoms with Gasteiger partial charge in [-0.25, -0.2) is 4.79 Å². The van der Waals surface area contributed by atoms with Crippen LogP contribution in [-0.2, 0) is 16.1 Å². The molecular formula is C20H27N3O3. The summed E-state index contributed by atoms with van der Waals surface area (Å²) in [5.41, 5.74) is 5.60. The van der Waals surface area contributed by atoms with Gasteiger partial charge in [0.2, 0.25) is 0 Å². The number of urea groups is 1. The number of aromatic nitrogens is 1. The zero-order valence-electron chi connectivity index (χ0n) is 15.9. The van der Waals surface area contributed by atoms with E-state index < -0.39 is 0 Å². The molecule has 1 aromatic heterocycles. The topological polar surface area (TPSA) is 72.4 Å². The molecule has 2 aromatic rings. The summed E-state index contributed by atoms with van der Waals surface area (Å²) >= 11 is 0. The molecule has 0 saturated heterocycles. The molecule has 0 aliphatic heterocycles. The van der Waals surface area contributed by atoms with Gasteiger partial charge in [-0.15, -0.1) is 0 Å². The van der Waals surface area contributed by atoms with Gasteiger partial charge in [0.25, 0.3) is 0 Å². The smallest absolute Gasteiger partial charge is 0.315 e. The molecule has 26 heavy (non-hydrogen) atoms. The molecule has 0 aliphatic rings. The molecule has 0 atom stereocenters. The van der Waals surface area contributed by atoms with Gasteiger partial charge in [-0.2, -0.15) is 0 Å². The van der Waals surface area contributed by atoms with Crippen molar-refractivity contribution in [3.63, 3.8) is 0 Å². The summed E-state index contributed by atoms with van der Waals surface area (Å²) in [7, 11) is 0. The van der Waals surface area contributed by atoms with Crippen LogP contribution in [0.1, 0.15) is 35.9 Å². The minimum absolute atomic E-state index is 0.170. The van der Waals surface area contributed by atoms with Crippen molar-refractivity contribution in [3.8, 4) is 5.69 Å². The van der Waals surface area contributed by atoms with Gasteiger partial charge in [0.15, 0.2) is 0 Å². The van der Waals surface area contributed by atoms with E-state index in [0.29, 0.717) is 13.2 Å². The number of carbonyl (C=O) groups is 2. The van der Waals surface area contributed by atoms with Crippen LogP contribution in [-0.4, -0.2) is 29.7 Å². The summed E-state index contributed by atoms with van der Waals surface area (Å²) in [6.07, 6.45) is 0.170. The van der Waals surface area contributed by atoms with Gasteiger partial charge in [-0.3, -0.25) is 4.79 Å². The van der Waals surface area contributed by atoms with Gasteiger partial charge >= 0.3 is 12.0 Å². The minimum atomic E-state index is -0.311. The first kappa shape index (κ1) is 19.6. The number of hydrogen-bond acceptors (Lipinski definition) is 3. The Labute approximate surface area is 154 Å². The normalized spacial score (nSPS) is 10.5. The molecule has 6 heteroatoms. The van der Waals surface area contributed by atoms with E-state index in [1.54, 1.807) is 6.92 Å². The quantitative estimate of drug-likeness (QED) is 0.748. The number of rotatable bonds is 7. The van der Waals surface area contributed by atoms with Crippen molar-refractivity contribution in [2.24, 2.45) is 0 Å². The maximum atomic E-state index is 11.9. The number of nitrogens with one attached hydrogen (secondary N) is 2. The van der Waals surface area contributed by atoms with Crippen LogP contribution < -0.4 is 10.6 Å². The van der Waals surface area contributed by atoms with Crippen molar-refractivity contribution in [3.05, 3.63) is 52.8 Å². The molecule has 1 heterocycles. The van der Waals surface area contributed by atoms with Gasteiger partial charge in [0.05, 0.1) is 13.0 Å². The molecule has 0 fully saturated rings. The molecule has 2 amide bonds. The molecule has 1 aromatic carbocycles. The molecule has 0 bridgehead atoms. The lowest BCUT2D eigenvalue weighted by Crippen LogP contribution is -2.36. The summed E-state index contributed by atoms with van der Waals surface area (Å²) in [5, 5.41) is 5.50. The molecule has 0 aliphatic carbocycles. The Morgan fingerprint density at radius 1 is 1.12 bits per heavy atom. The summed E-state index contributed by atoms with van der Waals surface area (Å²) < 4.78 is 7.00. The molecule has 2 rings (SSSR count). The van der Waals surface area contributed by atoms with E-state index in [4.69, 9.17) is 4.74 Å². The average molecular weight is 357 g/mol. The Kier molecular flexibility index (Phi) is 6.83. The minimum Gasteiger partial charge on any atom is -0.466 e.